The predicted octanol–water partition coefficient (Wildman–Crippen LogP) is 2.29. The van der Waals surface area contributed by atoms with Gasteiger partial charge in [0.1, 0.15) is 5.82 Å². The second-order valence-electron chi connectivity index (χ2n) is 4.47. The third-order valence-corrected chi connectivity index (χ3v) is 2.74. The van der Waals surface area contributed by atoms with Crippen LogP contribution < -0.4 is 10.6 Å². The van der Waals surface area contributed by atoms with Crippen LogP contribution in [0.15, 0.2) is 18.3 Å². The van der Waals surface area contributed by atoms with Gasteiger partial charge in [0.2, 0.25) is 0 Å². The van der Waals surface area contributed by atoms with E-state index in [2.05, 4.69) is 29.5 Å². The number of nitrogens with zero attached hydrogens (tertiary/aromatic N) is 1. The molecule has 0 aliphatic heterocycles. The molecule has 0 spiro atoms. The van der Waals surface area contributed by atoms with E-state index in [0.717, 1.165) is 12.4 Å². The molecule has 0 aromatic carbocycles. The summed E-state index contributed by atoms with van der Waals surface area (Å²) >= 11 is 0. The zero-order valence-corrected chi connectivity index (χ0v) is 10.9. The summed E-state index contributed by atoms with van der Waals surface area (Å²) in [5.74, 6) is 1.15. The molecule has 1 aromatic rings. The second-order valence-corrected chi connectivity index (χ2v) is 4.47. The lowest BCUT2D eigenvalue weighted by molar-refractivity contribution is 0.0930. The maximum absolute atomic E-state index is 11.9. The van der Waals surface area contributed by atoms with Crippen molar-refractivity contribution in [2.75, 3.05) is 11.9 Å². The number of carbonyl (C=O) groups excluding carboxylic acids is 1. The van der Waals surface area contributed by atoms with Crippen LogP contribution >= 0.6 is 0 Å². The number of rotatable bonds is 5. The Hall–Kier alpha value is -1.58. The molecule has 1 rings (SSSR count). The molecule has 1 unspecified atom stereocenters. The van der Waals surface area contributed by atoms with E-state index >= 15 is 0 Å². The monoisotopic (exact) mass is 235 g/mol. The fraction of sp³-hybridized carbons (Fsp3) is 0.538. The van der Waals surface area contributed by atoms with Gasteiger partial charge in [-0.2, -0.15) is 0 Å². The Labute approximate surface area is 103 Å². The Balaban J connectivity index is 2.63. The lowest BCUT2D eigenvalue weighted by Crippen LogP contribution is -2.36. The van der Waals surface area contributed by atoms with Gasteiger partial charge in [0.05, 0.1) is 5.56 Å². The third-order valence-electron chi connectivity index (χ3n) is 2.74. The van der Waals surface area contributed by atoms with E-state index in [9.17, 15) is 4.79 Å². The molecule has 0 saturated carbocycles. The Bertz CT molecular complexity index is 359. The van der Waals surface area contributed by atoms with Crippen LogP contribution in [0, 0.1) is 5.92 Å². The van der Waals surface area contributed by atoms with Gasteiger partial charge in [-0.15, -0.1) is 0 Å². The highest BCUT2D eigenvalue weighted by molar-refractivity contribution is 5.94. The molecule has 1 heterocycles. The van der Waals surface area contributed by atoms with Crippen molar-refractivity contribution in [2.24, 2.45) is 5.92 Å². The smallest absolute Gasteiger partial charge is 0.253 e. The highest BCUT2D eigenvalue weighted by atomic mass is 16.1. The first kappa shape index (κ1) is 13.5. The summed E-state index contributed by atoms with van der Waals surface area (Å²) in [7, 11) is 0. The molecule has 0 fully saturated rings. The van der Waals surface area contributed by atoms with Crippen LogP contribution in [0.2, 0.25) is 0 Å². The van der Waals surface area contributed by atoms with E-state index in [4.69, 9.17) is 0 Å². The topological polar surface area (TPSA) is 54.0 Å². The number of aromatic nitrogens is 1. The van der Waals surface area contributed by atoms with Gasteiger partial charge in [-0.05, 0) is 31.9 Å². The van der Waals surface area contributed by atoms with E-state index in [0.29, 0.717) is 11.5 Å². The molecule has 0 aliphatic carbocycles. The summed E-state index contributed by atoms with van der Waals surface area (Å²) in [5.41, 5.74) is 0.596. The highest BCUT2D eigenvalue weighted by Gasteiger charge is 2.12. The fourth-order valence-corrected chi connectivity index (χ4v) is 1.27. The normalized spacial score (nSPS) is 12.3. The molecular weight excluding hydrogens is 214 g/mol. The zero-order valence-electron chi connectivity index (χ0n) is 10.9. The van der Waals surface area contributed by atoms with Crippen LogP contribution in [0.1, 0.15) is 38.1 Å². The Morgan fingerprint density at radius 3 is 2.53 bits per heavy atom. The molecule has 0 bridgehead atoms. The Morgan fingerprint density at radius 2 is 2.06 bits per heavy atom. The average Bonchev–Trinajstić information content (AvgIpc) is 2.30. The summed E-state index contributed by atoms with van der Waals surface area (Å²) in [6.07, 6.45) is 1.60. The lowest BCUT2D eigenvalue weighted by atomic mass is 10.1. The average molecular weight is 235 g/mol. The SMILES string of the molecule is CCNc1ccc(C(=O)NC(C)C(C)C)cn1. The van der Waals surface area contributed by atoms with Crippen molar-refractivity contribution in [1.29, 1.82) is 0 Å². The highest BCUT2D eigenvalue weighted by Crippen LogP contribution is 2.06. The van der Waals surface area contributed by atoms with Crippen LogP contribution in [0.3, 0.4) is 0 Å². The molecule has 2 N–H and O–H groups in total. The Kier molecular flexibility index (Phi) is 4.94. The van der Waals surface area contributed by atoms with Crippen molar-refractivity contribution in [3.05, 3.63) is 23.9 Å². The van der Waals surface area contributed by atoms with E-state index < -0.39 is 0 Å². The van der Waals surface area contributed by atoms with E-state index in [1.54, 1.807) is 12.3 Å². The van der Waals surface area contributed by atoms with Crippen molar-refractivity contribution in [3.8, 4) is 0 Å². The van der Waals surface area contributed by atoms with Crippen molar-refractivity contribution >= 4 is 11.7 Å². The first-order valence-electron chi connectivity index (χ1n) is 6.05. The molecule has 0 radical (unpaired) electrons. The van der Waals surface area contributed by atoms with Crippen LogP contribution in [0.4, 0.5) is 5.82 Å². The molecule has 1 amide bonds. The summed E-state index contributed by atoms with van der Waals surface area (Å²) in [6.45, 7) is 8.99. The van der Waals surface area contributed by atoms with Crippen molar-refractivity contribution in [1.82, 2.24) is 10.3 Å². The van der Waals surface area contributed by atoms with Gasteiger partial charge >= 0.3 is 0 Å². The van der Waals surface area contributed by atoms with Gasteiger partial charge in [-0.25, -0.2) is 4.98 Å². The summed E-state index contributed by atoms with van der Waals surface area (Å²) < 4.78 is 0. The lowest BCUT2D eigenvalue weighted by Gasteiger charge is -2.17. The number of hydrogen-bond acceptors (Lipinski definition) is 3. The summed E-state index contributed by atoms with van der Waals surface area (Å²) in [5, 5.41) is 6.04. The van der Waals surface area contributed by atoms with Crippen LogP contribution in [0.25, 0.3) is 0 Å². The molecule has 1 aromatic heterocycles. The molecule has 1 atom stereocenters. The largest absolute Gasteiger partial charge is 0.370 e. The van der Waals surface area contributed by atoms with Gasteiger partial charge in [-0.1, -0.05) is 13.8 Å². The standard InChI is InChI=1S/C13H21N3O/c1-5-14-12-7-6-11(8-15-12)13(17)16-10(4)9(2)3/h6-10H,5H2,1-4H3,(H,14,15)(H,16,17). The molecule has 94 valence electrons. The predicted molar refractivity (Wildman–Crippen MR) is 70.2 cm³/mol. The number of pyridine rings is 1. The molecule has 0 saturated heterocycles. The first-order chi connectivity index (χ1) is 8.04. The molecule has 0 aliphatic rings. The first-order valence-corrected chi connectivity index (χ1v) is 6.05. The van der Waals surface area contributed by atoms with E-state index in [1.807, 2.05) is 19.9 Å². The quantitative estimate of drug-likeness (QED) is 0.823. The number of amides is 1. The summed E-state index contributed by atoms with van der Waals surface area (Å²) in [6, 6.07) is 3.77. The molecule has 4 nitrogen and oxygen atoms in total. The van der Waals surface area contributed by atoms with Crippen LogP contribution in [0.5, 0.6) is 0 Å². The fourth-order valence-electron chi connectivity index (χ4n) is 1.27. The minimum atomic E-state index is -0.0678. The zero-order chi connectivity index (χ0) is 12.8. The van der Waals surface area contributed by atoms with Gasteiger partial charge in [0.25, 0.3) is 5.91 Å². The minimum Gasteiger partial charge on any atom is -0.370 e. The Morgan fingerprint density at radius 1 is 1.35 bits per heavy atom. The maximum atomic E-state index is 11.9. The van der Waals surface area contributed by atoms with Crippen LogP contribution in [-0.2, 0) is 0 Å². The molecule has 4 heteroatoms. The third kappa shape index (κ3) is 4.06. The minimum absolute atomic E-state index is 0.0678. The number of anilines is 1. The second kappa shape index (κ2) is 6.23. The summed E-state index contributed by atoms with van der Waals surface area (Å²) in [4.78, 5) is 16.0. The van der Waals surface area contributed by atoms with Gasteiger partial charge in [-0.3, -0.25) is 4.79 Å². The van der Waals surface area contributed by atoms with Gasteiger partial charge in [0, 0.05) is 18.8 Å². The van der Waals surface area contributed by atoms with Crippen molar-refractivity contribution in [3.63, 3.8) is 0 Å². The van der Waals surface area contributed by atoms with E-state index in [-0.39, 0.29) is 11.9 Å². The van der Waals surface area contributed by atoms with Gasteiger partial charge in [0.15, 0.2) is 0 Å². The molecule has 17 heavy (non-hydrogen) atoms. The van der Waals surface area contributed by atoms with Crippen LogP contribution in [-0.4, -0.2) is 23.5 Å². The van der Waals surface area contributed by atoms with Gasteiger partial charge < -0.3 is 10.6 Å². The van der Waals surface area contributed by atoms with Crippen molar-refractivity contribution < 1.29 is 4.79 Å². The van der Waals surface area contributed by atoms with E-state index in [1.165, 1.54) is 0 Å². The maximum Gasteiger partial charge on any atom is 0.253 e. The number of hydrogen-bond donors (Lipinski definition) is 2. The number of carbonyl (C=O) groups is 1. The number of nitrogens with one attached hydrogen (secondary N) is 2. The molecular formula is C13H21N3O. The van der Waals surface area contributed by atoms with Crippen molar-refractivity contribution in [2.45, 2.75) is 33.7 Å².